The van der Waals surface area contributed by atoms with E-state index in [1.807, 2.05) is 0 Å². The van der Waals surface area contributed by atoms with Gasteiger partial charge in [-0.25, -0.2) is 4.68 Å². The highest BCUT2D eigenvalue weighted by molar-refractivity contribution is 9.10. The molecule has 1 aromatic rings. The van der Waals surface area contributed by atoms with Crippen molar-refractivity contribution in [2.24, 2.45) is 5.73 Å². The van der Waals surface area contributed by atoms with Gasteiger partial charge in [0, 0.05) is 19.2 Å². The molecule has 0 aliphatic heterocycles. The number of hydrogen-bond acceptors (Lipinski definition) is 5. The van der Waals surface area contributed by atoms with Crippen LogP contribution >= 0.6 is 15.9 Å². The monoisotopic (exact) mass is 316 g/mol. The summed E-state index contributed by atoms with van der Waals surface area (Å²) in [5.74, 6) is 0. The Bertz CT molecular complexity index is 471. The quantitative estimate of drug-likeness (QED) is 0.829. The molecular formula is C11H17BrN4O2. The lowest BCUT2D eigenvalue weighted by atomic mass is 9.87. The molecule has 0 bridgehead atoms. The van der Waals surface area contributed by atoms with Crippen molar-refractivity contribution in [1.82, 2.24) is 9.78 Å². The predicted octanol–water partition coefficient (Wildman–Crippen LogP) is 0.554. The number of anilines is 1. The zero-order valence-electron chi connectivity index (χ0n) is 10.2. The molecule has 0 aromatic carbocycles. The van der Waals surface area contributed by atoms with Gasteiger partial charge >= 0.3 is 0 Å². The van der Waals surface area contributed by atoms with Crippen molar-refractivity contribution in [2.45, 2.75) is 31.5 Å². The number of ether oxygens (including phenoxy) is 1. The average molecular weight is 317 g/mol. The van der Waals surface area contributed by atoms with Gasteiger partial charge in [-0.05, 0) is 28.8 Å². The smallest absolute Gasteiger partial charge is 0.283 e. The number of hydrogen-bond donors (Lipinski definition) is 2. The van der Waals surface area contributed by atoms with Gasteiger partial charge in [-0.2, -0.15) is 5.10 Å². The summed E-state index contributed by atoms with van der Waals surface area (Å²) in [6.07, 6.45) is 3.52. The molecule has 1 heterocycles. The highest BCUT2D eigenvalue weighted by Gasteiger charge is 2.26. The summed E-state index contributed by atoms with van der Waals surface area (Å²) >= 11 is 3.31. The highest BCUT2D eigenvalue weighted by atomic mass is 79.9. The molecule has 0 spiro atoms. The van der Waals surface area contributed by atoms with E-state index in [-0.39, 0.29) is 11.6 Å². The first-order valence-electron chi connectivity index (χ1n) is 5.88. The second kappa shape index (κ2) is 5.81. The molecule has 0 saturated heterocycles. The van der Waals surface area contributed by atoms with Crippen molar-refractivity contribution in [3.63, 3.8) is 0 Å². The zero-order chi connectivity index (χ0) is 13.1. The first kappa shape index (κ1) is 13.5. The van der Waals surface area contributed by atoms with Crippen LogP contribution in [0.25, 0.3) is 0 Å². The highest BCUT2D eigenvalue weighted by Crippen LogP contribution is 2.25. The van der Waals surface area contributed by atoms with E-state index >= 15 is 0 Å². The number of aromatic nitrogens is 2. The van der Waals surface area contributed by atoms with E-state index in [9.17, 15) is 4.79 Å². The maximum Gasteiger partial charge on any atom is 0.283 e. The van der Waals surface area contributed by atoms with E-state index in [0.717, 1.165) is 18.5 Å². The molecule has 1 fully saturated rings. The lowest BCUT2D eigenvalue weighted by molar-refractivity contribution is 0.181. The van der Waals surface area contributed by atoms with Gasteiger partial charge in [0.2, 0.25) is 0 Å². The summed E-state index contributed by atoms with van der Waals surface area (Å²) in [5.41, 5.74) is 6.30. The zero-order valence-corrected chi connectivity index (χ0v) is 11.8. The summed E-state index contributed by atoms with van der Waals surface area (Å²) < 4.78 is 6.82. The van der Waals surface area contributed by atoms with Crippen LogP contribution in [0.5, 0.6) is 0 Å². The molecule has 2 rings (SSSR count). The Morgan fingerprint density at radius 1 is 1.67 bits per heavy atom. The SMILES string of the molecule is COCCn1ncc(NC2CC(N)C2)c(Br)c1=O. The standard InChI is InChI=1S/C11H17BrN4O2/c1-18-3-2-16-11(17)10(12)9(6-14-16)15-8-4-7(13)5-8/h6-8,15H,2-5,13H2,1H3. The maximum absolute atomic E-state index is 12.0. The molecule has 0 atom stereocenters. The lowest BCUT2D eigenvalue weighted by Crippen LogP contribution is -2.44. The van der Waals surface area contributed by atoms with E-state index in [4.69, 9.17) is 10.5 Å². The van der Waals surface area contributed by atoms with Gasteiger partial charge in [-0.3, -0.25) is 4.79 Å². The predicted molar refractivity (Wildman–Crippen MR) is 72.7 cm³/mol. The maximum atomic E-state index is 12.0. The van der Waals surface area contributed by atoms with Gasteiger partial charge in [0.15, 0.2) is 0 Å². The van der Waals surface area contributed by atoms with Gasteiger partial charge < -0.3 is 15.8 Å². The Morgan fingerprint density at radius 2 is 2.39 bits per heavy atom. The third-order valence-electron chi connectivity index (χ3n) is 3.03. The molecular weight excluding hydrogens is 300 g/mol. The minimum absolute atomic E-state index is 0.152. The van der Waals surface area contributed by atoms with Gasteiger partial charge in [0.05, 0.1) is 25.0 Å². The third kappa shape index (κ3) is 2.90. The first-order valence-corrected chi connectivity index (χ1v) is 6.67. The minimum atomic E-state index is -0.152. The van der Waals surface area contributed by atoms with Crippen LogP contribution < -0.4 is 16.6 Å². The Kier molecular flexibility index (Phi) is 4.36. The van der Waals surface area contributed by atoms with E-state index in [1.165, 1.54) is 4.68 Å². The summed E-state index contributed by atoms with van der Waals surface area (Å²) in [4.78, 5) is 12.0. The van der Waals surface area contributed by atoms with Crippen molar-refractivity contribution in [3.05, 3.63) is 21.0 Å². The van der Waals surface area contributed by atoms with Crippen LogP contribution in [0.4, 0.5) is 5.69 Å². The van der Waals surface area contributed by atoms with Crippen LogP contribution in [0.2, 0.25) is 0 Å². The van der Waals surface area contributed by atoms with Crippen molar-refractivity contribution >= 4 is 21.6 Å². The Morgan fingerprint density at radius 3 is 3.00 bits per heavy atom. The molecule has 0 unspecified atom stereocenters. The average Bonchev–Trinajstić information content (AvgIpc) is 2.32. The van der Waals surface area contributed by atoms with Crippen LogP contribution in [0.1, 0.15) is 12.8 Å². The molecule has 1 aromatic heterocycles. The van der Waals surface area contributed by atoms with E-state index in [0.29, 0.717) is 23.7 Å². The van der Waals surface area contributed by atoms with Crippen molar-refractivity contribution in [3.8, 4) is 0 Å². The van der Waals surface area contributed by atoms with Crippen LogP contribution in [0.15, 0.2) is 15.5 Å². The summed E-state index contributed by atoms with van der Waals surface area (Å²) in [7, 11) is 1.59. The number of nitrogens with zero attached hydrogens (tertiary/aromatic N) is 2. The first-order chi connectivity index (χ1) is 8.61. The second-order valence-electron chi connectivity index (χ2n) is 4.47. The van der Waals surface area contributed by atoms with Crippen LogP contribution in [0, 0.1) is 0 Å². The normalized spacial score (nSPS) is 22.6. The summed E-state index contributed by atoms with van der Waals surface area (Å²) in [6, 6.07) is 0.614. The molecule has 0 amide bonds. The van der Waals surface area contributed by atoms with Crippen LogP contribution in [0.3, 0.4) is 0 Å². The summed E-state index contributed by atoms with van der Waals surface area (Å²) in [5, 5.41) is 7.37. The molecule has 18 heavy (non-hydrogen) atoms. The van der Waals surface area contributed by atoms with Gasteiger partial charge in [-0.15, -0.1) is 0 Å². The molecule has 7 heteroatoms. The van der Waals surface area contributed by atoms with E-state index in [2.05, 4.69) is 26.3 Å². The van der Waals surface area contributed by atoms with Gasteiger partial charge in [0.1, 0.15) is 4.47 Å². The fourth-order valence-corrected chi connectivity index (χ4v) is 2.32. The second-order valence-corrected chi connectivity index (χ2v) is 5.26. The van der Waals surface area contributed by atoms with Gasteiger partial charge in [0.25, 0.3) is 5.56 Å². The lowest BCUT2D eigenvalue weighted by Gasteiger charge is -2.33. The Balaban J connectivity index is 2.08. The van der Waals surface area contributed by atoms with Crippen molar-refractivity contribution < 1.29 is 4.74 Å². The summed E-state index contributed by atoms with van der Waals surface area (Å²) in [6.45, 7) is 0.909. The van der Waals surface area contributed by atoms with Crippen molar-refractivity contribution in [2.75, 3.05) is 19.0 Å². The largest absolute Gasteiger partial charge is 0.383 e. The van der Waals surface area contributed by atoms with E-state index < -0.39 is 0 Å². The van der Waals surface area contributed by atoms with Crippen molar-refractivity contribution in [1.29, 1.82) is 0 Å². The van der Waals surface area contributed by atoms with E-state index in [1.54, 1.807) is 13.3 Å². The molecule has 100 valence electrons. The molecule has 3 N–H and O–H groups in total. The molecule has 1 saturated carbocycles. The van der Waals surface area contributed by atoms with Crippen LogP contribution in [-0.2, 0) is 11.3 Å². The number of methoxy groups -OCH3 is 1. The minimum Gasteiger partial charge on any atom is -0.383 e. The third-order valence-corrected chi connectivity index (χ3v) is 3.79. The Hall–Kier alpha value is -0.920. The molecule has 1 aliphatic carbocycles. The van der Waals surface area contributed by atoms with Gasteiger partial charge in [-0.1, -0.05) is 0 Å². The fourth-order valence-electron chi connectivity index (χ4n) is 1.90. The number of rotatable bonds is 5. The fraction of sp³-hybridized carbons (Fsp3) is 0.636. The number of halogens is 1. The Labute approximate surface area is 114 Å². The molecule has 1 aliphatic rings. The topological polar surface area (TPSA) is 82.2 Å². The van der Waals surface area contributed by atoms with Crippen LogP contribution in [-0.4, -0.2) is 35.6 Å². The number of nitrogens with two attached hydrogens (primary N) is 1. The molecule has 0 radical (unpaired) electrons. The number of nitrogens with one attached hydrogen (secondary N) is 1. The molecule has 6 nitrogen and oxygen atoms in total.